The molecule has 0 bridgehead atoms. The fourth-order valence-electron chi connectivity index (χ4n) is 3.55. The zero-order valence-electron chi connectivity index (χ0n) is 17.4. The van der Waals surface area contributed by atoms with Crippen molar-refractivity contribution in [1.29, 1.82) is 0 Å². The Morgan fingerprint density at radius 2 is 2.27 bits per heavy atom. The van der Waals surface area contributed by atoms with Crippen LogP contribution in [0.25, 0.3) is 22.3 Å². The number of thiol groups is 1. The summed E-state index contributed by atoms with van der Waals surface area (Å²) in [6, 6.07) is 5.91. The lowest BCUT2D eigenvalue weighted by Gasteiger charge is -2.34. The minimum Gasteiger partial charge on any atom is -0.384 e. The molecule has 1 saturated heterocycles. The Morgan fingerprint density at radius 3 is 3.00 bits per heavy atom. The van der Waals surface area contributed by atoms with Crippen LogP contribution in [0.2, 0.25) is 0 Å². The average Bonchev–Trinajstić information content (AvgIpc) is 3.26. The van der Waals surface area contributed by atoms with Gasteiger partial charge in [-0.25, -0.2) is 9.35 Å². The van der Waals surface area contributed by atoms with Crippen LogP contribution in [0.1, 0.15) is 6.92 Å². The predicted molar refractivity (Wildman–Crippen MR) is 121 cm³/mol. The Balaban J connectivity index is 1.92. The topological polar surface area (TPSA) is 109 Å². The molecule has 0 radical (unpaired) electrons. The van der Waals surface area contributed by atoms with E-state index in [1.807, 2.05) is 18.2 Å². The zero-order valence-corrected chi connectivity index (χ0v) is 18.3. The smallest absolute Gasteiger partial charge is 0.131 e. The number of hydrogen-bond donors (Lipinski definition) is 3. The number of nitrogens with one attached hydrogen (secondary N) is 1. The molecule has 3 aromatic heterocycles. The Labute approximate surface area is 176 Å². The number of fused-ring (bicyclic) bond motifs is 1. The van der Waals surface area contributed by atoms with Crippen molar-refractivity contribution >= 4 is 32.5 Å². The van der Waals surface area contributed by atoms with Gasteiger partial charge in [0, 0.05) is 43.3 Å². The number of morpholine rings is 1. The third kappa shape index (κ3) is 4.36. The lowest BCUT2D eigenvalue weighted by atomic mass is 10.1. The van der Waals surface area contributed by atoms with Gasteiger partial charge in [-0.2, -0.15) is 5.10 Å². The Hall–Kier alpha value is -2.40. The molecule has 1 atom stereocenters. The molecule has 0 unspecified atom stereocenters. The third-order valence-corrected chi connectivity index (χ3v) is 6.83. The summed E-state index contributed by atoms with van der Waals surface area (Å²) in [5.41, 5.74) is 2.93. The van der Waals surface area contributed by atoms with Crippen LogP contribution in [-0.4, -0.2) is 76.2 Å². The SMILES string of the molecule is COCC[SH](C)(O)=Nc1cc(N2CCOC[C@H]2C)nc2c(-c3ccn[nH]3)nccc12. The molecule has 0 aromatic carbocycles. The van der Waals surface area contributed by atoms with Crippen LogP contribution in [0.3, 0.4) is 0 Å². The molecular weight excluding hydrogens is 404 g/mol. The zero-order chi connectivity index (χ0) is 21.1. The van der Waals surface area contributed by atoms with Crippen molar-refractivity contribution in [2.24, 2.45) is 4.36 Å². The third-order valence-electron chi connectivity index (χ3n) is 5.15. The van der Waals surface area contributed by atoms with Crippen LogP contribution >= 0.6 is 0 Å². The molecule has 2 N–H and O–H groups in total. The van der Waals surface area contributed by atoms with Crippen LogP contribution < -0.4 is 4.90 Å². The Kier molecular flexibility index (Phi) is 6.09. The summed E-state index contributed by atoms with van der Waals surface area (Å²) in [5.74, 6) is 1.30. The maximum Gasteiger partial charge on any atom is 0.131 e. The molecule has 1 aliphatic heterocycles. The number of aromatic amines is 1. The highest BCUT2D eigenvalue weighted by Crippen LogP contribution is 2.35. The Morgan fingerprint density at radius 1 is 1.40 bits per heavy atom. The second kappa shape index (κ2) is 8.76. The maximum atomic E-state index is 10.9. The van der Waals surface area contributed by atoms with Gasteiger partial charge in [0.1, 0.15) is 17.0 Å². The van der Waals surface area contributed by atoms with E-state index in [0.29, 0.717) is 37.0 Å². The first kappa shape index (κ1) is 20.9. The van der Waals surface area contributed by atoms with Gasteiger partial charge in [0.25, 0.3) is 0 Å². The van der Waals surface area contributed by atoms with Gasteiger partial charge in [0.05, 0.1) is 37.2 Å². The molecule has 0 aliphatic carbocycles. The van der Waals surface area contributed by atoms with Crippen LogP contribution in [0, 0.1) is 0 Å². The van der Waals surface area contributed by atoms with E-state index in [0.717, 1.165) is 29.0 Å². The fourth-order valence-corrected chi connectivity index (χ4v) is 4.81. The molecule has 10 heteroatoms. The van der Waals surface area contributed by atoms with Gasteiger partial charge in [-0.05, 0) is 25.3 Å². The van der Waals surface area contributed by atoms with Gasteiger partial charge in [0.2, 0.25) is 0 Å². The minimum atomic E-state index is -2.55. The number of H-pyrrole nitrogens is 1. The summed E-state index contributed by atoms with van der Waals surface area (Å²) < 4.78 is 26.5. The fraction of sp³-hybridized carbons (Fsp3) is 0.450. The van der Waals surface area contributed by atoms with Gasteiger partial charge in [-0.15, -0.1) is 10.1 Å². The van der Waals surface area contributed by atoms with E-state index in [-0.39, 0.29) is 6.04 Å². The van der Waals surface area contributed by atoms with Crippen molar-refractivity contribution in [3.63, 3.8) is 0 Å². The molecule has 162 valence electrons. The lowest BCUT2D eigenvalue weighted by molar-refractivity contribution is 0.0986. The van der Waals surface area contributed by atoms with E-state index >= 15 is 0 Å². The molecule has 30 heavy (non-hydrogen) atoms. The van der Waals surface area contributed by atoms with Crippen molar-refractivity contribution in [1.82, 2.24) is 20.2 Å². The molecule has 0 saturated carbocycles. The number of hydrogen-bond acceptors (Lipinski definition) is 7. The first-order valence-corrected chi connectivity index (χ1v) is 12.3. The first-order chi connectivity index (χ1) is 14.5. The van der Waals surface area contributed by atoms with Gasteiger partial charge < -0.3 is 18.9 Å². The van der Waals surface area contributed by atoms with E-state index in [4.69, 9.17) is 18.8 Å². The van der Waals surface area contributed by atoms with Crippen LogP contribution in [0.5, 0.6) is 0 Å². The van der Waals surface area contributed by atoms with Gasteiger partial charge >= 0.3 is 0 Å². The standard InChI is InChI=1S/C20H28N6O3S/c1-14-13-29-9-8-26(14)18-12-17(25-30(3,27)11-10-28-2)15-4-6-21-20(19(15)23-18)16-5-7-22-24-16/h4-7,12,14,30H,8-11,13H2,1-3H3,(H,22,24)(H,23,25,27)/t14-/m1/s1. The van der Waals surface area contributed by atoms with Crippen molar-refractivity contribution < 1.29 is 14.0 Å². The number of ether oxygens (including phenoxy) is 2. The molecule has 0 amide bonds. The summed E-state index contributed by atoms with van der Waals surface area (Å²) >= 11 is 0. The number of nitrogens with zero attached hydrogens (tertiary/aromatic N) is 5. The van der Waals surface area contributed by atoms with Crippen molar-refractivity contribution in [2.45, 2.75) is 13.0 Å². The number of anilines is 1. The minimum absolute atomic E-state index is 0.188. The van der Waals surface area contributed by atoms with Crippen molar-refractivity contribution in [3.05, 3.63) is 30.6 Å². The average molecular weight is 433 g/mol. The van der Waals surface area contributed by atoms with Gasteiger partial charge in [-0.1, -0.05) is 0 Å². The summed E-state index contributed by atoms with van der Waals surface area (Å²) in [6.07, 6.45) is 5.22. The van der Waals surface area contributed by atoms with Crippen LogP contribution in [-0.2, 0) is 19.6 Å². The van der Waals surface area contributed by atoms with Crippen molar-refractivity contribution in [2.75, 3.05) is 50.4 Å². The van der Waals surface area contributed by atoms with E-state index in [1.165, 1.54) is 0 Å². The quantitative estimate of drug-likeness (QED) is 0.514. The first-order valence-electron chi connectivity index (χ1n) is 9.93. The number of pyridine rings is 2. The largest absolute Gasteiger partial charge is 0.384 e. The number of aromatic nitrogens is 4. The monoisotopic (exact) mass is 432 g/mol. The maximum absolute atomic E-state index is 10.9. The van der Waals surface area contributed by atoms with E-state index in [2.05, 4.69) is 27.0 Å². The molecular formula is C20H28N6O3S. The molecule has 4 rings (SSSR count). The van der Waals surface area contributed by atoms with Gasteiger partial charge in [-0.3, -0.25) is 10.1 Å². The van der Waals surface area contributed by atoms with E-state index < -0.39 is 10.1 Å². The predicted octanol–water partition coefficient (Wildman–Crippen LogP) is 2.70. The van der Waals surface area contributed by atoms with E-state index in [9.17, 15) is 4.55 Å². The number of methoxy groups -OCH3 is 1. The number of rotatable bonds is 6. The highest BCUT2D eigenvalue weighted by atomic mass is 32.3. The highest BCUT2D eigenvalue weighted by Gasteiger charge is 2.23. The summed E-state index contributed by atoms with van der Waals surface area (Å²) in [4.78, 5) is 11.7. The summed E-state index contributed by atoms with van der Waals surface area (Å²) in [5, 5.41) is 7.87. The summed E-state index contributed by atoms with van der Waals surface area (Å²) in [6.45, 7) is 4.61. The van der Waals surface area contributed by atoms with E-state index in [1.54, 1.807) is 25.8 Å². The second-order valence-electron chi connectivity index (χ2n) is 7.55. The molecule has 3 aromatic rings. The normalized spacial score (nSPS) is 18.0. The Bertz CT molecular complexity index is 1070. The van der Waals surface area contributed by atoms with Gasteiger partial charge in [0.15, 0.2) is 0 Å². The second-order valence-corrected chi connectivity index (χ2v) is 10.4. The lowest BCUT2D eigenvalue weighted by Crippen LogP contribution is -2.44. The summed E-state index contributed by atoms with van der Waals surface area (Å²) in [7, 11) is -0.920. The molecule has 9 nitrogen and oxygen atoms in total. The van der Waals surface area contributed by atoms with Crippen molar-refractivity contribution in [3.8, 4) is 11.4 Å². The van der Waals surface area contributed by atoms with Crippen LogP contribution in [0.4, 0.5) is 11.5 Å². The van der Waals surface area contributed by atoms with Crippen LogP contribution in [0.15, 0.2) is 35.0 Å². The molecule has 4 heterocycles. The molecule has 1 fully saturated rings. The molecule has 1 aliphatic rings. The highest BCUT2D eigenvalue weighted by molar-refractivity contribution is 7.99. The molecule has 0 spiro atoms.